The van der Waals surface area contributed by atoms with Gasteiger partial charge in [-0.05, 0) is 50.0 Å². The maximum Gasteiger partial charge on any atom is 0.228 e. The van der Waals surface area contributed by atoms with Crippen LogP contribution in [0.3, 0.4) is 0 Å². The van der Waals surface area contributed by atoms with Crippen LogP contribution in [0.4, 0.5) is 5.69 Å². The second-order valence-electron chi connectivity index (χ2n) is 5.89. The number of benzene rings is 1. The topological polar surface area (TPSA) is 58.4 Å². The first-order valence-electron chi connectivity index (χ1n) is 8.05. The molecule has 1 saturated heterocycles. The molecule has 0 spiro atoms. The Hall–Kier alpha value is -1.39. The molecule has 1 unspecified atom stereocenters. The van der Waals surface area contributed by atoms with E-state index < -0.39 is 0 Å². The van der Waals surface area contributed by atoms with Gasteiger partial charge in [-0.2, -0.15) is 0 Å². The van der Waals surface area contributed by atoms with Crippen LogP contribution in [0, 0.1) is 5.92 Å². The van der Waals surface area contributed by atoms with Gasteiger partial charge in [0, 0.05) is 18.8 Å². The number of likely N-dealkylation sites (tertiary alicyclic amines) is 1. The van der Waals surface area contributed by atoms with E-state index in [4.69, 9.17) is 5.73 Å². The second-order valence-corrected chi connectivity index (χ2v) is 5.89. The standard InChI is InChI=1S/C17H27N3O/c1-2-6-15(12-18)17(21)19-16-8-5-7-14(11-16)13-20-9-3-4-10-20/h5,7-8,11,15H,2-4,6,9-10,12-13,18H2,1H3,(H,19,21). The first-order chi connectivity index (χ1) is 10.2. The minimum atomic E-state index is -0.0859. The van der Waals surface area contributed by atoms with Gasteiger partial charge in [-0.15, -0.1) is 0 Å². The Labute approximate surface area is 127 Å². The molecular weight excluding hydrogens is 262 g/mol. The smallest absolute Gasteiger partial charge is 0.228 e. The van der Waals surface area contributed by atoms with Gasteiger partial charge >= 0.3 is 0 Å². The number of amides is 1. The summed E-state index contributed by atoms with van der Waals surface area (Å²) in [5.41, 5.74) is 7.82. The minimum absolute atomic E-state index is 0.0395. The summed E-state index contributed by atoms with van der Waals surface area (Å²) in [7, 11) is 0. The fraction of sp³-hybridized carbons (Fsp3) is 0.588. The van der Waals surface area contributed by atoms with Crippen LogP contribution < -0.4 is 11.1 Å². The zero-order valence-corrected chi connectivity index (χ0v) is 13.0. The third-order valence-corrected chi connectivity index (χ3v) is 4.09. The van der Waals surface area contributed by atoms with Gasteiger partial charge in [-0.25, -0.2) is 0 Å². The summed E-state index contributed by atoms with van der Waals surface area (Å²) in [6.07, 6.45) is 4.41. The van der Waals surface area contributed by atoms with E-state index in [1.54, 1.807) is 0 Å². The van der Waals surface area contributed by atoms with E-state index in [-0.39, 0.29) is 11.8 Å². The van der Waals surface area contributed by atoms with Crippen molar-refractivity contribution in [2.24, 2.45) is 11.7 Å². The molecule has 0 radical (unpaired) electrons. The molecule has 21 heavy (non-hydrogen) atoms. The molecule has 116 valence electrons. The first kappa shape index (κ1) is 16.0. The molecule has 1 atom stereocenters. The summed E-state index contributed by atoms with van der Waals surface area (Å²) in [6.45, 7) is 5.82. The summed E-state index contributed by atoms with van der Waals surface area (Å²) >= 11 is 0. The molecular formula is C17H27N3O. The van der Waals surface area contributed by atoms with Gasteiger partial charge in [0.1, 0.15) is 0 Å². The Morgan fingerprint density at radius 2 is 2.14 bits per heavy atom. The van der Waals surface area contributed by atoms with Crippen molar-refractivity contribution < 1.29 is 4.79 Å². The normalized spacial score (nSPS) is 16.9. The molecule has 1 fully saturated rings. The molecule has 1 aliphatic heterocycles. The summed E-state index contributed by atoms with van der Waals surface area (Å²) in [4.78, 5) is 14.6. The quantitative estimate of drug-likeness (QED) is 0.811. The van der Waals surface area contributed by atoms with Crippen LogP contribution in [-0.4, -0.2) is 30.4 Å². The zero-order valence-electron chi connectivity index (χ0n) is 13.0. The summed E-state index contributed by atoms with van der Waals surface area (Å²) in [5.74, 6) is -0.0464. The van der Waals surface area contributed by atoms with Gasteiger partial charge in [0.15, 0.2) is 0 Å². The predicted octanol–water partition coefficient (Wildman–Crippen LogP) is 2.60. The van der Waals surface area contributed by atoms with Crippen molar-refractivity contribution in [1.82, 2.24) is 4.90 Å². The number of hydrogen-bond donors (Lipinski definition) is 2. The van der Waals surface area contributed by atoms with Crippen LogP contribution in [0.1, 0.15) is 38.2 Å². The lowest BCUT2D eigenvalue weighted by Gasteiger charge is -2.17. The number of nitrogens with two attached hydrogens (primary N) is 1. The first-order valence-corrected chi connectivity index (χ1v) is 8.05. The highest BCUT2D eigenvalue weighted by atomic mass is 16.1. The van der Waals surface area contributed by atoms with Crippen LogP contribution in [0.25, 0.3) is 0 Å². The molecule has 2 rings (SSSR count). The van der Waals surface area contributed by atoms with Crippen LogP contribution in [0.5, 0.6) is 0 Å². The van der Waals surface area contributed by atoms with E-state index in [1.165, 1.54) is 31.5 Å². The Morgan fingerprint density at radius 1 is 1.38 bits per heavy atom. The summed E-state index contributed by atoms with van der Waals surface area (Å²) < 4.78 is 0. The number of carbonyl (C=O) groups is 1. The Balaban J connectivity index is 1.94. The van der Waals surface area contributed by atoms with Crippen molar-refractivity contribution in [3.63, 3.8) is 0 Å². The molecule has 1 heterocycles. The minimum Gasteiger partial charge on any atom is -0.330 e. The number of anilines is 1. The van der Waals surface area contributed by atoms with Gasteiger partial charge in [0.05, 0.1) is 5.92 Å². The maximum atomic E-state index is 12.2. The third-order valence-electron chi connectivity index (χ3n) is 4.09. The van der Waals surface area contributed by atoms with Crippen molar-refractivity contribution in [2.45, 2.75) is 39.2 Å². The van der Waals surface area contributed by atoms with E-state index in [1.807, 2.05) is 12.1 Å². The van der Waals surface area contributed by atoms with E-state index in [9.17, 15) is 4.79 Å². The number of nitrogens with zero attached hydrogens (tertiary/aromatic N) is 1. The van der Waals surface area contributed by atoms with Gasteiger partial charge < -0.3 is 11.1 Å². The SMILES string of the molecule is CCCC(CN)C(=O)Nc1cccc(CN2CCCC2)c1. The molecule has 1 aromatic carbocycles. The number of carbonyl (C=O) groups excluding carboxylic acids is 1. The average molecular weight is 289 g/mol. The summed E-state index contributed by atoms with van der Waals surface area (Å²) in [6, 6.07) is 8.17. The van der Waals surface area contributed by atoms with Gasteiger partial charge in [-0.3, -0.25) is 9.69 Å². The van der Waals surface area contributed by atoms with Crippen LogP contribution in [-0.2, 0) is 11.3 Å². The van der Waals surface area contributed by atoms with Crippen LogP contribution >= 0.6 is 0 Å². The highest BCUT2D eigenvalue weighted by Crippen LogP contribution is 2.17. The molecule has 0 saturated carbocycles. The second kappa shape index (κ2) is 8.15. The lowest BCUT2D eigenvalue weighted by Crippen LogP contribution is -2.29. The largest absolute Gasteiger partial charge is 0.330 e. The van der Waals surface area contributed by atoms with E-state index in [0.717, 1.165) is 25.1 Å². The number of hydrogen-bond acceptors (Lipinski definition) is 3. The zero-order chi connectivity index (χ0) is 15.1. The Morgan fingerprint density at radius 3 is 2.81 bits per heavy atom. The van der Waals surface area contributed by atoms with Gasteiger partial charge in [0.25, 0.3) is 0 Å². The third kappa shape index (κ3) is 4.83. The fourth-order valence-corrected chi connectivity index (χ4v) is 2.90. The molecule has 4 heteroatoms. The number of rotatable bonds is 7. The predicted molar refractivity (Wildman–Crippen MR) is 87.0 cm³/mol. The van der Waals surface area contributed by atoms with Crippen molar-refractivity contribution in [3.8, 4) is 0 Å². The lowest BCUT2D eigenvalue weighted by atomic mass is 10.0. The Bertz CT molecular complexity index is 455. The summed E-state index contributed by atoms with van der Waals surface area (Å²) in [5, 5.41) is 3.01. The molecule has 4 nitrogen and oxygen atoms in total. The average Bonchev–Trinajstić information content (AvgIpc) is 2.98. The van der Waals surface area contributed by atoms with Gasteiger partial charge in [0.2, 0.25) is 5.91 Å². The van der Waals surface area contributed by atoms with Crippen molar-refractivity contribution >= 4 is 11.6 Å². The molecule has 1 aromatic rings. The fourth-order valence-electron chi connectivity index (χ4n) is 2.90. The van der Waals surface area contributed by atoms with Crippen LogP contribution in [0.2, 0.25) is 0 Å². The molecule has 3 N–H and O–H groups in total. The monoisotopic (exact) mass is 289 g/mol. The maximum absolute atomic E-state index is 12.2. The van der Waals surface area contributed by atoms with E-state index in [0.29, 0.717) is 6.54 Å². The Kier molecular flexibility index (Phi) is 6.21. The molecule has 0 bridgehead atoms. The highest BCUT2D eigenvalue weighted by Gasteiger charge is 2.16. The number of nitrogens with one attached hydrogen (secondary N) is 1. The molecule has 0 aliphatic carbocycles. The molecule has 1 amide bonds. The molecule has 0 aromatic heterocycles. The van der Waals surface area contributed by atoms with Crippen molar-refractivity contribution in [3.05, 3.63) is 29.8 Å². The van der Waals surface area contributed by atoms with Crippen molar-refractivity contribution in [1.29, 1.82) is 0 Å². The molecule has 1 aliphatic rings. The van der Waals surface area contributed by atoms with Crippen LogP contribution in [0.15, 0.2) is 24.3 Å². The van der Waals surface area contributed by atoms with E-state index in [2.05, 4.69) is 29.3 Å². The van der Waals surface area contributed by atoms with Crippen molar-refractivity contribution in [2.75, 3.05) is 25.0 Å². The van der Waals surface area contributed by atoms with Gasteiger partial charge in [-0.1, -0.05) is 25.5 Å². The lowest BCUT2D eigenvalue weighted by molar-refractivity contribution is -0.119. The van der Waals surface area contributed by atoms with E-state index >= 15 is 0 Å². The highest BCUT2D eigenvalue weighted by molar-refractivity contribution is 5.92.